The number of pyridine rings is 1. The standard InChI is InChI=1S/C19H17N3O3/c23-12-15-9-21-22(11-15)16-6-7-19(20-10-16)25-18-3-1-2-17(8-18)24-13-14-4-5-14/h1-3,6-12,14H,4-5,13H2. The van der Waals surface area contributed by atoms with Crippen LogP contribution in [0.2, 0.25) is 0 Å². The van der Waals surface area contributed by atoms with E-state index in [1.54, 1.807) is 23.1 Å². The summed E-state index contributed by atoms with van der Waals surface area (Å²) in [5, 5.41) is 4.11. The van der Waals surface area contributed by atoms with Crippen molar-refractivity contribution >= 4 is 6.29 Å². The van der Waals surface area contributed by atoms with Crippen LogP contribution in [0, 0.1) is 5.92 Å². The lowest BCUT2D eigenvalue weighted by Gasteiger charge is -2.09. The van der Waals surface area contributed by atoms with E-state index in [-0.39, 0.29) is 0 Å². The second-order valence-electron chi connectivity index (χ2n) is 6.02. The normalized spacial score (nSPS) is 13.4. The number of nitrogens with zero attached hydrogens (tertiary/aromatic N) is 3. The molecule has 1 fully saturated rings. The van der Waals surface area contributed by atoms with Crippen molar-refractivity contribution < 1.29 is 14.3 Å². The van der Waals surface area contributed by atoms with E-state index in [0.29, 0.717) is 23.1 Å². The van der Waals surface area contributed by atoms with Gasteiger partial charge in [0.25, 0.3) is 0 Å². The Morgan fingerprint density at radius 1 is 1.16 bits per heavy atom. The molecular weight excluding hydrogens is 318 g/mol. The first kappa shape index (κ1) is 15.4. The molecule has 0 atom stereocenters. The van der Waals surface area contributed by atoms with E-state index in [2.05, 4.69) is 10.1 Å². The molecule has 6 heteroatoms. The highest BCUT2D eigenvalue weighted by Crippen LogP contribution is 2.30. The summed E-state index contributed by atoms with van der Waals surface area (Å²) < 4.78 is 13.1. The number of ether oxygens (including phenoxy) is 2. The maximum atomic E-state index is 10.7. The second-order valence-corrected chi connectivity index (χ2v) is 6.02. The average molecular weight is 335 g/mol. The number of hydrogen-bond acceptors (Lipinski definition) is 5. The second kappa shape index (κ2) is 6.76. The third-order valence-electron chi connectivity index (χ3n) is 3.93. The minimum Gasteiger partial charge on any atom is -0.493 e. The molecule has 0 unspecified atom stereocenters. The van der Waals surface area contributed by atoms with Gasteiger partial charge in [0.15, 0.2) is 6.29 Å². The van der Waals surface area contributed by atoms with Gasteiger partial charge in [-0.25, -0.2) is 9.67 Å². The van der Waals surface area contributed by atoms with Crippen LogP contribution in [0.1, 0.15) is 23.2 Å². The van der Waals surface area contributed by atoms with Crippen LogP contribution < -0.4 is 9.47 Å². The Hall–Kier alpha value is -3.15. The molecule has 1 aliphatic carbocycles. The Morgan fingerprint density at radius 2 is 2.04 bits per heavy atom. The summed E-state index contributed by atoms with van der Waals surface area (Å²) in [5.74, 6) is 2.67. The first-order valence-corrected chi connectivity index (χ1v) is 8.17. The molecule has 4 rings (SSSR count). The lowest BCUT2D eigenvalue weighted by atomic mass is 10.3. The van der Waals surface area contributed by atoms with Crippen molar-refractivity contribution in [3.05, 3.63) is 60.6 Å². The maximum Gasteiger partial charge on any atom is 0.219 e. The zero-order chi connectivity index (χ0) is 17.1. The molecule has 0 radical (unpaired) electrons. The predicted octanol–water partition coefficient (Wildman–Crippen LogP) is 3.66. The Labute approximate surface area is 145 Å². The monoisotopic (exact) mass is 335 g/mol. The summed E-state index contributed by atoms with van der Waals surface area (Å²) >= 11 is 0. The zero-order valence-electron chi connectivity index (χ0n) is 13.5. The number of carbonyl (C=O) groups excluding carboxylic acids is 1. The van der Waals surface area contributed by atoms with E-state index in [1.165, 1.54) is 19.0 Å². The summed E-state index contributed by atoms with van der Waals surface area (Å²) in [4.78, 5) is 15.0. The van der Waals surface area contributed by atoms with E-state index in [9.17, 15) is 4.79 Å². The van der Waals surface area contributed by atoms with Crippen molar-refractivity contribution in [3.63, 3.8) is 0 Å². The van der Waals surface area contributed by atoms with Crippen LogP contribution in [-0.2, 0) is 0 Å². The molecule has 3 aromatic rings. The number of hydrogen-bond donors (Lipinski definition) is 0. The molecule has 0 saturated heterocycles. The number of rotatable bonds is 7. The van der Waals surface area contributed by atoms with E-state index in [1.807, 2.05) is 30.3 Å². The van der Waals surface area contributed by atoms with Crippen molar-refractivity contribution in [2.75, 3.05) is 6.61 Å². The third kappa shape index (κ3) is 3.85. The number of aromatic nitrogens is 3. The number of aldehydes is 1. The van der Waals surface area contributed by atoms with Gasteiger partial charge in [0, 0.05) is 18.3 Å². The van der Waals surface area contributed by atoms with Gasteiger partial charge in [-0.05, 0) is 37.0 Å². The van der Waals surface area contributed by atoms with Gasteiger partial charge >= 0.3 is 0 Å². The zero-order valence-corrected chi connectivity index (χ0v) is 13.5. The van der Waals surface area contributed by atoms with Crippen molar-refractivity contribution in [1.29, 1.82) is 0 Å². The van der Waals surface area contributed by atoms with Gasteiger partial charge in [-0.15, -0.1) is 0 Å². The van der Waals surface area contributed by atoms with Crippen molar-refractivity contribution in [2.45, 2.75) is 12.8 Å². The molecule has 1 aliphatic rings. The molecule has 126 valence electrons. The van der Waals surface area contributed by atoms with E-state index >= 15 is 0 Å². The Balaban J connectivity index is 1.43. The lowest BCUT2D eigenvalue weighted by Crippen LogP contribution is -1.99. The summed E-state index contributed by atoms with van der Waals surface area (Å²) in [6, 6.07) is 11.1. The Kier molecular flexibility index (Phi) is 4.16. The molecule has 0 bridgehead atoms. The first-order chi connectivity index (χ1) is 12.3. The van der Waals surface area contributed by atoms with Gasteiger partial charge in [-0.2, -0.15) is 5.10 Å². The van der Waals surface area contributed by atoms with Crippen LogP contribution in [0.3, 0.4) is 0 Å². The smallest absolute Gasteiger partial charge is 0.219 e. The lowest BCUT2D eigenvalue weighted by molar-refractivity contribution is 0.112. The Morgan fingerprint density at radius 3 is 2.76 bits per heavy atom. The summed E-state index contributed by atoms with van der Waals surface area (Å²) in [6.45, 7) is 0.767. The van der Waals surface area contributed by atoms with Gasteiger partial charge < -0.3 is 9.47 Å². The quantitative estimate of drug-likeness (QED) is 0.617. The number of benzene rings is 1. The van der Waals surface area contributed by atoms with Crippen LogP contribution in [0.25, 0.3) is 5.69 Å². The van der Waals surface area contributed by atoms with Crippen LogP contribution in [-0.4, -0.2) is 27.7 Å². The Bertz CT molecular complexity index is 870. The van der Waals surface area contributed by atoms with Gasteiger partial charge in [0.2, 0.25) is 5.88 Å². The maximum absolute atomic E-state index is 10.7. The molecule has 6 nitrogen and oxygen atoms in total. The largest absolute Gasteiger partial charge is 0.493 e. The van der Waals surface area contributed by atoms with Crippen LogP contribution >= 0.6 is 0 Å². The molecule has 25 heavy (non-hydrogen) atoms. The van der Waals surface area contributed by atoms with E-state index in [4.69, 9.17) is 9.47 Å². The summed E-state index contributed by atoms with van der Waals surface area (Å²) in [5.41, 5.74) is 1.27. The molecule has 0 spiro atoms. The van der Waals surface area contributed by atoms with Gasteiger partial charge in [-0.3, -0.25) is 4.79 Å². The predicted molar refractivity (Wildman–Crippen MR) is 91.5 cm³/mol. The van der Waals surface area contributed by atoms with Crippen LogP contribution in [0.15, 0.2) is 55.0 Å². The molecule has 1 saturated carbocycles. The highest BCUT2D eigenvalue weighted by atomic mass is 16.5. The van der Waals surface area contributed by atoms with Gasteiger partial charge in [0.1, 0.15) is 11.5 Å². The third-order valence-corrected chi connectivity index (χ3v) is 3.93. The first-order valence-electron chi connectivity index (χ1n) is 8.17. The molecule has 0 N–H and O–H groups in total. The minimum atomic E-state index is 0.478. The summed E-state index contributed by atoms with van der Waals surface area (Å²) in [6.07, 6.45) is 8.07. The average Bonchev–Trinajstić information content (AvgIpc) is 3.36. The highest BCUT2D eigenvalue weighted by molar-refractivity contribution is 5.73. The summed E-state index contributed by atoms with van der Waals surface area (Å²) in [7, 11) is 0. The molecule has 1 aromatic carbocycles. The van der Waals surface area contributed by atoms with Crippen LogP contribution in [0.5, 0.6) is 17.4 Å². The van der Waals surface area contributed by atoms with Crippen molar-refractivity contribution in [1.82, 2.24) is 14.8 Å². The van der Waals surface area contributed by atoms with Gasteiger partial charge in [-0.1, -0.05) is 6.07 Å². The molecule has 0 amide bonds. The highest BCUT2D eigenvalue weighted by Gasteiger charge is 2.21. The van der Waals surface area contributed by atoms with Crippen LogP contribution in [0.4, 0.5) is 0 Å². The van der Waals surface area contributed by atoms with E-state index in [0.717, 1.165) is 24.3 Å². The van der Waals surface area contributed by atoms with Crippen molar-refractivity contribution in [2.24, 2.45) is 5.92 Å². The minimum absolute atomic E-state index is 0.478. The molecule has 2 aromatic heterocycles. The molecule has 2 heterocycles. The SMILES string of the molecule is O=Cc1cnn(-c2ccc(Oc3cccc(OCC4CC4)c3)nc2)c1. The molecule has 0 aliphatic heterocycles. The fraction of sp³-hybridized carbons (Fsp3) is 0.211. The molecular formula is C19H17N3O3. The van der Waals surface area contributed by atoms with Gasteiger partial charge in [0.05, 0.1) is 30.3 Å². The topological polar surface area (TPSA) is 66.2 Å². The fourth-order valence-electron chi connectivity index (χ4n) is 2.35. The fourth-order valence-corrected chi connectivity index (χ4v) is 2.35. The van der Waals surface area contributed by atoms with E-state index < -0.39 is 0 Å². The van der Waals surface area contributed by atoms with Crippen molar-refractivity contribution in [3.8, 4) is 23.1 Å². The number of carbonyl (C=O) groups is 1.